The Balaban J connectivity index is 2.69. The van der Waals surface area contributed by atoms with Gasteiger partial charge in [0.15, 0.2) is 0 Å². The average Bonchev–Trinajstić information content (AvgIpc) is 2.38. The maximum absolute atomic E-state index is 11.8. The van der Waals surface area contributed by atoms with Gasteiger partial charge in [0.2, 0.25) is 11.8 Å². The second-order valence-corrected chi connectivity index (χ2v) is 5.19. The van der Waals surface area contributed by atoms with Gasteiger partial charge in [-0.15, -0.1) is 0 Å². The summed E-state index contributed by atoms with van der Waals surface area (Å²) in [5.74, 6) is -2.57. The standard InChI is InChI=1S/C12H14BrN3O5/c13-7-1-4-11(19)16(5-7)6-10(18)15-8(12(20)21)2-3-9(14)17/h1,4-5,8H,2-3,6H2,(H2,14,17)(H,15,18)(H,20,21)/t8-/m0/s1. The fourth-order valence-electron chi connectivity index (χ4n) is 1.56. The van der Waals surface area contributed by atoms with Gasteiger partial charge in [0.1, 0.15) is 12.6 Å². The molecule has 1 aromatic rings. The first-order valence-corrected chi connectivity index (χ1v) is 6.75. The SMILES string of the molecule is NC(=O)CC[C@H](NC(=O)Cn1cc(Br)ccc1=O)C(=O)O. The number of carboxylic acid groups (broad SMARTS) is 1. The van der Waals surface area contributed by atoms with Crippen molar-refractivity contribution in [3.8, 4) is 0 Å². The number of hydrogen-bond acceptors (Lipinski definition) is 4. The van der Waals surface area contributed by atoms with E-state index in [0.29, 0.717) is 4.47 Å². The maximum Gasteiger partial charge on any atom is 0.326 e. The number of carboxylic acids is 1. The van der Waals surface area contributed by atoms with Crippen LogP contribution in [-0.2, 0) is 20.9 Å². The van der Waals surface area contributed by atoms with Crippen molar-refractivity contribution in [3.63, 3.8) is 0 Å². The molecule has 114 valence electrons. The van der Waals surface area contributed by atoms with Crippen molar-refractivity contribution in [1.29, 1.82) is 0 Å². The molecule has 8 nitrogen and oxygen atoms in total. The number of aliphatic carboxylic acids is 1. The van der Waals surface area contributed by atoms with E-state index in [0.717, 1.165) is 4.57 Å². The first-order chi connectivity index (χ1) is 9.79. The molecule has 1 atom stereocenters. The molecule has 0 aliphatic heterocycles. The number of primary amides is 1. The summed E-state index contributed by atoms with van der Waals surface area (Å²) < 4.78 is 1.74. The zero-order chi connectivity index (χ0) is 16.0. The van der Waals surface area contributed by atoms with Crippen LogP contribution in [0.25, 0.3) is 0 Å². The van der Waals surface area contributed by atoms with Gasteiger partial charge >= 0.3 is 5.97 Å². The number of rotatable bonds is 7. The van der Waals surface area contributed by atoms with Crippen LogP contribution in [0.2, 0.25) is 0 Å². The molecule has 0 aliphatic rings. The summed E-state index contributed by atoms with van der Waals surface area (Å²) >= 11 is 3.16. The lowest BCUT2D eigenvalue weighted by Crippen LogP contribution is -2.43. The first kappa shape index (κ1) is 16.9. The third-order valence-corrected chi connectivity index (χ3v) is 3.04. The van der Waals surface area contributed by atoms with Gasteiger partial charge in [-0.3, -0.25) is 14.4 Å². The quantitative estimate of drug-likeness (QED) is 0.600. The molecule has 0 bridgehead atoms. The van der Waals surface area contributed by atoms with Crippen molar-refractivity contribution in [3.05, 3.63) is 33.2 Å². The molecule has 0 radical (unpaired) electrons. The predicted octanol–water partition coefficient (Wildman–Crippen LogP) is -0.554. The average molecular weight is 360 g/mol. The van der Waals surface area contributed by atoms with E-state index in [9.17, 15) is 19.2 Å². The highest BCUT2D eigenvalue weighted by Crippen LogP contribution is 2.05. The Morgan fingerprint density at radius 2 is 2.05 bits per heavy atom. The van der Waals surface area contributed by atoms with Crippen LogP contribution in [0.1, 0.15) is 12.8 Å². The topological polar surface area (TPSA) is 131 Å². The molecule has 0 unspecified atom stereocenters. The summed E-state index contributed by atoms with van der Waals surface area (Å²) in [5, 5.41) is 11.2. The molecular formula is C12H14BrN3O5. The smallest absolute Gasteiger partial charge is 0.326 e. The van der Waals surface area contributed by atoms with E-state index in [4.69, 9.17) is 10.8 Å². The highest BCUT2D eigenvalue weighted by Gasteiger charge is 2.20. The van der Waals surface area contributed by atoms with Gasteiger partial charge in [-0.2, -0.15) is 0 Å². The largest absolute Gasteiger partial charge is 0.480 e. The number of carbonyl (C=O) groups excluding carboxylic acids is 2. The third-order valence-electron chi connectivity index (χ3n) is 2.57. The molecule has 0 aliphatic carbocycles. The maximum atomic E-state index is 11.8. The fourth-order valence-corrected chi connectivity index (χ4v) is 1.94. The Bertz CT molecular complexity index is 613. The van der Waals surface area contributed by atoms with E-state index in [1.807, 2.05) is 0 Å². The van der Waals surface area contributed by atoms with Crippen LogP contribution in [0.5, 0.6) is 0 Å². The van der Waals surface area contributed by atoms with Crippen LogP contribution in [0.3, 0.4) is 0 Å². The van der Waals surface area contributed by atoms with Gasteiger partial charge in [-0.05, 0) is 28.4 Å². The molecular weight excluding hydrogens is 346 g/mol. The van der Waals surface area contributed by atoms with E-state index in [2.05, 4.69) is 21.2 Å². The highest BCUT2D eigenvalue weighted by atomic mass is 79.9. The van der Waals surface area contributed by atoms with Gasteiger partial charge in [0.05, 0.1) is 0 Å². The van der Waals surface area contributed by atoms with Crippen molar-refractivity contribution in [2.24, 2.45) is 5.73 Å². The van der Waals surface area contributed by atoms with Gasteiger partial charge in [0.25, 0.3) is 5.56 Å². The molecule has 0 saturated carbocycles. The zero-order valence-corrected chi connectivity index (χ0v) is 12.5. The molecule has 0 fully saturated rings. The first-order valence-electron chi connectivity index (χ1n) is 5.96. The van der Waals surface area contributed by atoms with E-state index in [1.54, 1.807) is 0 Å². The zero-order valence-electron chi connectivity index (χ0n) is 10.9. The van der Waals surface area contributed by atoms with Crippen LogP contribution in [-0.4, -0.2) is 33.5 Å². The minimum Gasteiger partial charge on any atom is -0.480 e. The predicted molar refractivity (Wildman–Crippen MR) is 76.4 cm³/mol. The Morgan fingerprint density at radius 3 is 2.62 bits per heavy atom. The molecule has 2 amide bonds. The third kappa shape index (κ3) is 5.78. The molecule has 1 aromatic heterocycles. The van der Waals surface area contributed by atoms with Crippen LogP contribution in [0.15, 0.2) is 27.6 Å². The van der Waals surface area contributed by atoms with Crippen LogP contribution in [0, 0.1) is 0 Å². The lowest BCUT2D eigenvalue weighted by Gasteiger charge is -2.14. The van der Waals surface area contributed by atoms with E-state index >= 15 is 0 Å². The molecule has 0 spiro atoms. The second kappa shape index (κ2) is 7.58. The molecule has 0 saturated heterocycles. The number of pyridine rings is 1. The van der Waals surface area contributed by atoms with Crippen molar-refractivity contribution in [1.82, 2.24) is 9.88 Å². The van der Waals surface area contributed by atoms with Crippen molar-refractivity contribution >= 4 is 33.7 Å². The summed E-state index contributed by atoms with van der Waals surface area (Å²) in [5.41, 5.74) is 4.55. The Hall–Kier alpha value is -2.16. The normalized spacial score (nSPS) is 11.7. The van der Waals surface area contributed by atoms with Crippen molar-refractivity contribution in [2.75, 3.05) is 0 Å². The number of nitrogens with zero attached hydrogens (tertiary/aromatic N) is 1. The lowest BCUT2D eigenvalue weighted by atomic mass is 10.1. The number of nitrogens with two attached hydrogens (primary N) is 1. The minimum absolute atomic E-state index is 0.107. The number of carbonyl (C=O) groups is 3. The molecule has 1 heterocycles. The molecule has 21 heavy (non-hydrogen) atoms. The van der Waals surface area contributed by atoms with Crippen molar-refractivity contribution < 1.29 is 19.5 Å². The monoisotopic (exact) mass is 359 g/mol. The summed E-state index contributed by atoms with van der Waals surface area (Å²) in [6, 6.07) is 1.58. The Kier molecular flexibility index (Phi) is 6.10. The Morgan fingerprint density at radius 1 is 1.38 bits per heavy atom. The van der Waals surface area contributed by atoms with Crippen LogP contribution < -0.4 is 16.6 Å². The number of hydrogen-bond donors (Lipinski definition) is 3. The number of nitrogens with one attached hydrogen (secondary N) is 1. The lowest BCUT2D eigenvalue weighted by molar-refractivity contribution is -0.142. The number of halogens is 1. The summed E-state index contributed by atoms with van der Waals surface area (Å²) in [4.78, 5) is 44.9. The molecule has 1 rings (SSSR count). The summed E-state index contributed by atoms with van der Waals surface area (Å²) in [6.07, 6.45) is 1.15. The molecule has 4 N–H and O–H groups in total. The van der Waals surface area contributed by atoms with Crippen LogP contribution in [0.4, 0.5) is 0 Å². The Labute approximate surface area is 128 Å². The summed E-state index contributed by atoms with van der Waals surface area (Å²) in [7, 11) is 0. The minimum atomic E-state index is -1.27. The second-order valence-electron chi connectivity index (χ2n) is 4.28. The van der Waals surface area contributed by atoms with E-state index < -0.39 is 29.4 Å². The summed E-state index contributed by atoms with van der Waals surface area (Å²) in [6.45, 7) is -0.321. The van der Waals surface area contributed by atoms with Crippen LogP contribution >= 0.6 is 15.9 Å². The number of amides is 2. The van der Waals surface area contributed by atoms with E-state index in [-0.39, 0.29) is 19.4 Å². The highest BCUT2D eigenvalue weighted by molar-refractivity contribution is 9.10. The van der Waals surface area contributed by atoms with E-state index in [1.165, 1.54) is 18.3 Å². The number of aromatic nitrogens is 1. The van der Waals surface area contributed by atoms with Gasteiger partial charge < -0.3 is 20.7 Å². The van der Waals surface area contributed by atoms with Gasteiger partial charge in [-0.1, -0.05) is 0 Å². The molecule has 0 aromatic carbocycles. The van der Waals surface area contributed by atoms with Gasteiger partial charge in [-0.25, -0.2) is 4.79 Å². The van der Waals surface area contributed by atoms with Gasteiger partial charge in [0, 0.05) is 23.2 Å². The fraction of sp³-hybridized carbons (Fsp3) is 0.333. The van der Waals surface area contributed by atoms with Crippen molar-refractivity contribution in [2.45, 2.75) is 25.4 Å². The molecule has 9 heteroatoms.